The zero-order valence-corrected chi connectivity index (χ0v) is 13.0. The second-order valence-electron chi connectivity index (χ2n) is 5.96. The Labute approximate surface area is 122 Å². The molecule has 1 heterocycles. The first kappa shape index (κ1) is 15.1. The van der Waals surface area contributed by atoms with Crippen LogP contribution < -0.4 is 5.32 Å². The monoisotopic (exact) mass is 273 g/mol. The van der Waals surface area contributed by atoms with Crippen molar-refractivity contribution < 1.29 is 4.42 Å². The molecule has 0 amide bonds. The lowest BCUT2D eigenvalue weighted by molar-refractivity contribution is 0.513. The maximum Gasteiger partial charge on any atom is 0.134 e. The molecule has 1 aromatic heterocycles. The lowest BCUT2D eigenvalue weighted by atomic mass is 10.1. The molecule has 1 N–H and O–H groups in total. The molecule has 2 nitrogen and oxygen atoms in total. The van der Waals surface area contributed by atoms with Gasteiger partial charge in [0.2, 0.25) is 0 Å². The van der Waals surface area contributed by atoms with E-state index in [9.17, 15) is 0 Å². The van der Waals surface area contributed by atoms with E-state index in [1.165, 1.54) is 36.0 Å². The fraction of sp³-hybridized carbons (Fsp3) is 0.556. The van der Waals surface area contributed by atoms with Crippen LogP contribution in [0.5, 0.6) is 0 Å². The molecule has 110 valence electrons. The molecule has 0 bridgehead atoms. The van der Waals surface area contributed by atoms with Crippen molar-refractivity contribution in [2.45, 2.75) is 53.0 Å². The van der Waals surface area contributed by atoms with Gasteiger partial charge in [0.05, 0.1) is 0 Å². The summed E-state index contributed by atoms with van der Waals surface area (Å²) in [5.74, 6) is 1.92. The molecular weight excluding hydrogens is 246 g/mol. The molecule has 0 unspecified atom stereocenters. The molecule has 0 radical (unpaired) electrons. The number of aryl methyl sites for hydroxylation is 1. The third-order valence-corrected chi connectivity index (χ3v) is 3.74. The summed E-state index contributed by atoms with van der Waals surface area (Å²) >= 11 is 0. The van der Waals surface area contributed by atoms with Crippen molar-refractivity contribution in [2.24, 2.45) is 5.92 Å². The zero-order chi connectivity index (χ0) is 14.4. The van der Waals surface area contributed by atoms with Gasteiger partial charge in [0, 0.05) is 23.9 Å². The first-order valence-electron chi connectivity index (χ1n) is 7.92. The first-order valence-corrected chi connectivity index (χ1v) is 7.92. The normalized spacial score (nSPS) is 11.6. The van der Waals surface area contributed by atoms with Crippen LogP contribution in [0.15, 0.2) is 28.7 Å². The average Bonchev–Trinajstić information content (AvgIpc) is 2.79. The van der Waals surface area contributed by atoms with Crippen molar-refractivity contribution in [3.8, 4) is 0 Å². The minimum Gasteiger partial charge on any atom is -0.461 e. The van der Waals surface area contributed by atoms with E-state index in [4.69, 9.17) is 4.42 Å². The van der Waals surface area contributed by atoms with Gasteiger partial charge in [-0.2, -0.15) is 0 Å². The molecule has 0 fully saturated rings. The van der Waals surface area contributed by atoms with E-state index in [1.54, 1.807) is 0 Å². The van der Waals surface area contributed by atoms with Crippen LogP contribution in [-0.2, 0) is 13.0 Å². The highest BCUT2D eigenvalue weighted by Gasteiger charge is 2.12. The van der Waals surface area contributed by atoms with Crippen LogP contribution in [0.2, 0.25) is 0 Å². The Balaban J connectivity index is 2.11. The minimum absolute atomic E-state index is 0.753. The van der Waals surface area contributed by atoms with Crippen molar-refractivity contribution >= 4 is 11.0 Å². The number of furan rings is 1. The maximum absolute atomic E-state index is 6.04. The molecule has 20 heavy (non-hydrogen) atoms. The number of para-hydroxylation sites is 1. The van der Waals surface area contributed by atoms with Gasteiger partial charge in [-0.05, 0) is 31.4 Å². The van der Waals surface area contributed by atoms with E-state index < -0.39 is 0 Å². The van der Waals surface area contributed by atoms with Crippen LogP contribution in [0, 0.1) is 5.92 Å². The predicted octanol–water partition coefficient (Wildman–Crippen LogP) is 4.91. The summed E-state index contributed by atoms with van der Waals surface area (Å²) in [6.07, 6.45) is 4.67. The molecule has 0 spiro atoms. The largest absolute Gasteiger partial charge is 0.461 e. The van der Waals surface area contributed by atoms with E-state index >= 15 is 0 Å². The summed E-state index contributed by atoms with van der Waals surface area (Å²) in [6, 6.07) is 8.39. The van der Waals surface area contributed by atoms with Gasteiger partial charge < -0.3 is 9.73 Å². The Morgan fingerprint density at radius 2 is 2.00 bits per heavy atom. The molecule has 0 saturated carbocycles. The third-order valence-electron chi connectivity index (χ3n) is 3.74. The topological polar surface area (TPSA) is 25.2 Å². The summed E-state index contributed by atoms with van der Waals surface area (Å²) in [4.78, 5) is 0. The van der Waals surface area contributed by atoms with Crippen molar-refractivity contribution in [1.29, 1.82) is 0 Å². The van der Waals surface area contributed by atoms with Gasteiger partial charge in [0.25, 0.3) is 0 Å². The van der Waals surface area contributed by atoms with Gasteiger partial charge in [-0.15, -0.1) is 0 Å². The molecule has 0 aliphatic rings. The highest BCUT2D eigenvalue weighted by molar-refractivity contribution is 5.82. The van der Waals surface area contributed by atoms with E-state index in [-0.39, 0.29) is 0 Å². The molecule has 1 aromatic carbocycles. The lowest BCUT2D eigenvalue weighted by Crippen LogP contribution is -2.16. The highest BCUT2D eigenvalue weighted by Crippen LogP contribution is 2.27. The maximum atomic E-state index is 6.04. The van der Waals surface area contributed by atoms with E-state index in [0.29, 0.717) is 0 Å². The minimum atomic E-state index is 0.753. The molecule has 0 aliphatic heterocycles. The van der Waals surface area contributed by atoms with Gasteiger partial charge in [0.15, 0.2) is 0 Å². The van der Waals surface area contributed by atoms with Crippen molar-refractivity contribution in [1.82, 2.24) is 5.32 Å². The quantitative estimate of drug-likeness (QED) is 0.691. The second kappa shape index (κ2) is 7.49. The number of nitrogens with one attached hydrogen (secondary N) is 1. The van der Waals surface area contributed by atoms with Gasteiger partial charge in [0.1, 0.15) is 11.3 Å². The Morgan fingerprint density at radius 1 is 1.20 bits per heavy atom. The molecule has 2 rings (SSSR count). The van der Waals surface area contributed by atoms with Crippen LogP contribution in [0.4, 0.5) is 0 Å². The lowest BCUT2D eigenvalue weighted by Gasteiger charge is -2.07. The van der Waals surface area contributed by atoms with Crippen LogP contribution in [0.3, 0.4) is 0 Å². The Morgan fingerprint density at radius 3 is 2.75 bits per heavy atom. The van der Waals surface area contributed by atoms with Crippen LogP contribution >= 0.6 is 0 Å². The summed E-state index contributed by atoms with van der Waals surface area (Å²) in [7, 11) is 0. The van der Waals surface area contributed by atoms with Gasteiger partial charge in [-0.3, -0.25) is 0 Å². The number of benzene rings is 1. The Hall–Kier alpha value is -1.28. The molecule has 2 heteroatoms. The fourth-order valence-corrected chi connectivity index (χ4v) is 2.49. The van der Waals surface area contributed by atoms with Crippen molar-refractivity contribution in [3.63, 3.8) is 0 Å². The first-order chi connectivity index (χ1) is 9.72. The smallest absolute Gasteiger partial charge is 0.134 e. The number of hydrogen-bond donors (Lipinski definition) is 1. The average molecular weight is 273 g/mol. The molecule has 0 atom stereocenters. The van der Waals surface area contributed by atoms with Crippen LogP contribution in [0.25, 0.3) is 11.0 Å². The summed E-state index contributed by atoms with van der Waals surface area (Å²) < 4.78 is 6.04. The van der Waals surface area contributed by atoms with Gasteiger partial charge in [-0.1, -0.05) is 45.4 Å². The third kappa shape index (κ3) is 3.86. The van der Waals surface area contributed by atoms with E-state index in [0.717, 1.165) is 31.0 Å². The van der Waals surface area contributed by atoms with Crippen molar-refractivity contribution in [2.75, 3.05) is 6.54 Å². The molecule has 0 saturated heterocycles. The summed E-state index contributed by atoms with van der Waals surface area (Å²) in [5, 5.41) is 4.84. The summed E-state index contributed by atoms with van der Waals surface area (Å²) in [5.41, 5.74) is 2.39. The van der Waals surface area contributed by atoms with E-state index in [1.807, 2.05) is 6.07 Å². The zero-order valence-electron chi connectivity index (χ0n) is 13.0. The second-order valence-corrected chi connectivity index (χ2v) is 5.96. The number of unbranched alkanes of at least 4 members (excludes halogenated alkanes) is 1. The van der Waals surface area contributed by atoms with Gasteiger partial charge >= 0.3 is 0 Å². The van der Waals surface area contributed by atoms with Gasteiger partial charge in [-0.25, -0.2) is 0 Å². The predicted molar refractivity (Wildman–Crippen MR) is 86.0 cm³/mol. The van der Waals surface area contributed by atoms with E-state index in [2.05, 4.69) is 44.3 Å². The summed E-state index contributed by atoms with van der Waals surface area (Å²) in [6.45, 7) is 8.75. The molecule has 0 aliphatic carbocycles. The number of rotatable bonds is 8. The number of fused-ring (bicyclic) bond motifs is 1. The van der Waals surface area contributed by atoms with Crippen molar-refractivity contribution in [3.05, 3.63) is 35.6 Å². The fourth-order valence-electron chi connectivity index (χ4n) is 2.49. The highest BCUT2D eigenvalue weighted by atomic mass is 16.3. The standard InChI is InChI=1S/C18H27NO/c1-4-5-9-18-16(13-19-12-11-14(2)3)15-8-6-7-10-17(15)20-18/h6-8,10,14,19H,4-5,9,11-13H2,1-3H3. The van der Waals surface area contributed by atoms with Crippen LogP contribution in [-0.4, -0.2) is 6.54 Å². The van der Waals surface area contributed by atoms with Crippen LogP contribution in [0.1, 0.15) is 51.4 Å². The molecular formula is C18H27NO. The Bertz CT molecular complexity index is 527. The number of hydrogen-bond acceptors (Lipinski definition) is 2. The molecule has 2 aromatic rings. The Kier molecular flexibility index (Phi) is 5.66. The SMILES string of the molecule is CCCCc1oc2ccccc2c1CNCCC(C)C.